The monoisotopic (exact) mass is 258 g/mol. The van der Waals surface area contributed by atoms with Crippen LogP contribution in [-0.2, 0) is 19.2 Å². The Morgan fingerprint density at radius 2 is 1.83 bits per heavy atom. The van der Waals surface area contributed by atoms with Crippen LogP contribution in [0.5, 0.6) is 0 Å². The Bertz CT molecular complexity index is 394. The molecule has 2 atom stereocenters. The molecule has 1 heterocycles. The van der Waals surface area contributed by atoms with Crippen molar-refractivity contribution in [3.63, 3.8) is 0 Å². The molecule has 1 aliphatic heterocycles. The van der Waals surface area contributed by atoms with Gasteiger partial charge in [0.2, 0.25) is 11.8 Å². The molecule has 8 heteroatoms. The topological polar surface area (TPSA) is 124 Å². The first-order valence-corrected chi connectivity index (χ1v) is 5.32. The number of amides is 2. The smallest absolute Gasteiger partial charge is 0.326 e. The molecular formula is C10H14N2O6. The van der Waals surface area contributed by atoms with Gasteiger partial charge in [-0.1, -0.05) is 0 Å². The van der Waals surface area contributed by atoms with Gasteiger partial charge >= 0.3 is 11.9 Å². The van der Waals surface area contributed by atoms with Gasteiger partial charge in [0.05, 0.1) is 12.5 Å². The Labute approximate surface area is 103 Å². The van der Waals surface area contributed by atoms with E-state index in [0.717, 1.165) is 4.90 Å². The van der Waals surface area contributed by atoms with Gasteiger partial charge in [-0.2, -0.15) is 0 Å². The second kappa shape index (κ2) is 5.48. The molecule has 1 fully saturated rings. The molecule has 8 nitrogen and oxygen atoms in total. The quantitative estimate of drug-likeness (QED) is 0.564. The van der Waals surface area contributed by atoms with Crippen LogP contribution in [0.3, 0.4) is 0 Å². The van der Waals surface area contributed by atoms with Crippen molar-refractivity contribution >= 4 is 23.8 Å². The van der Waals surface area contributed by atoms with Crippen LogP contribution >= 0.6 is 0 Å². The maximum atomic E-state index is 11.7. The number of rotatable bonds is 4. The van der Waals surface area contributed by atoms with Crippen molar-refractivity contribution in [2.75, 3.05) is 13.1 Å². The highest BCUT2D eigenvalue weighted by Gasteiger charge is 2.42. The van der Waals surface area contributed by atoms with Crippen LogP contribution in [0.25, 0.3) is 0 Å². The largest absolute Gasteiger partial charge is 0.481 e. The second-order valence-electron chi connectivity index (χ2n) is 4.08. The lowest BCUT2D eigenvalue weighted by molar-refractivity contribution is -0.148. The average Bonchev–Trinajstić information content (AvgIpc) is 2.70. The number of carboxylic acids is 2. The molecule has 0 unspecified atom stereocenters. The number of nitrogens with zero attached hydrogens (tertiary/aromatic N) is 1. The van der Waals surface area contributed by atoms with E-state index in [1.54, 1.807) is 0 Å². The van der Waals surface area contributed by atoms with E-state index in [1.165, 1.54) is 6.92 Å². The van der Waals surface area contributed by atoms with Crippen molar-refractivity contribution in [2.45, 2.75) is 19.4 Å². The van der Waals surface area contributed by atoms with Crippen molar-refractivity contribution in [1.82, 2.24) is 10.2 Å². The highest BCUT2D eigenvalue weighted by Crippen LogP contribution is 2.23. The fourth-order valence-corrected chi connectivity index (χ4v) is 1.83. The van der Waals surface area contributed by atoms with Gasteiger partial charge in [0, 0.05) is 13.5 Å². The Morgan fingerprint density at radius 3 is 2.28 bits per heavy atom. The third-order valence-electron chi connectivity index (χ3n) is 2.74. The van der Waals surface area contributed by atoms with E-state index in [4.69, 9.17) is 10.2 Å². The van der Waals surface area contributed by atoms with Crippen molar-refractivity contribution in [3.8, 4) is 0 Å². The number of carbonyl (C=O) groups excluding carboxylic acids is 2. The summed E-state index contributed by atoms with van der Waals surface area (Å²) in [5, 5.41) is 20.0. The summed E-state index contributed by atoms with van der Waals surface area (Å²) in [6, 6.07) is -1.15. The molecule has 0 aromatic carbocycles. The number of hydrogen-bond acceptors (Lipinski definition) is 4. The van der Waals surface area contributed by atoms with Crippen molar-refractivity contribution in [1.29, 1.82) is 0 Å². The summed E-state index contributed by atoms with van der Waals surface area (Å²) in [4.78, 5) is 45.1. The van der Waals surface area contributed by atoms with E-state index in [0.29, 0.717) is 0 Å². The lowest BCUT2D eigenvalue weighted by atomic mass is 10.1. The molecule has 1 saturated heterocycles. The molecular weight excluding hydrogens is 244 g/mol. The third kappa shape index (κ3) is 3.19. The Hall–Kier alpha value is -2.12. The Morgan fingerprint density at radius 1 is 1.22 bits per heavy atom. The minimum Gasteiger partial charge on any atom is -0.481 e. The summed E-state index contributed by atoms with van der Waals surface area (Å²) < 4.78 is 0. The molecule has 0 radical (unpaired) electrons. The first kappa shape index (κ1) is 13.9. The first-order valence-electron chi connectivity index (χ1n) is 5.32. The van der Waals surface area contributed by atoms with Gasteiger partial charge in [-0.25, -0.2) is 4.79 Å². The number of nitrogens with one attached hydrogen (secondary N) is 1. The number of likely N-dealkylation sites (tertiary alicyclic amines) is 1. The molecule has 0 aromatic rings. The van der Waals surface area contributed by atoms with Gasteiger partial charge < -0.3 is 20.4 Å². The maximum absolute atomic E-state index is 11.7. The van der Waals surface area contributed by atoms with Gasteiger partial charge in [-0.15, -0.1) is 0 Å². The summed E-state index contributed by atoms with van der Waals surface area (Å²) in [7, 11) is 0. The van der Waals surface area contributed by atoms with Gasteiger partial charge in [-0.3, -0.25) is 14.4 Å². The molecule has 1 rings (SSSR count). The van der Waals surface area contributed by atoms with Crippen LogP contribution in [0, 0.1) is 5.92 Å². The molecule has 0 spiro atoms. The van der Waals surface area contributed by atoms with Crippen LogP contribution < -0.4 is 5.32 Å². The minimum atomic E-state index is -1.24. The minimum absolute atomic E-state index is 0.115. The molecule has 1 aliphatic rings. The molecule has 0 bridgehead atoms. The van der Waals surface area contributed by atoms with Crippen LogP contribution in [0.1, 0.15) is 13.3 Å². The number of carbonyl (C=O) groups is 4. The van der Waals surface area contributed by atoms with E-state index in [-0.39, 0.29) is 19.5 Å². The zero-order chi connectivity index (χ0) is 13.9. The highest BCUT2D eigenvalue weighted by atomic mass is 16.4. The molecule has 0 saturated carbocycles. The molecule has 100 valence electrons. The number of carboxylic acid groups (broad SMARTS) is 2. The van der Waals surface area contributed by atoms with Crippen molar-refractivity contribution in [3.05, 3.63) is 0 Å². The van der Waals surface area contributed by atoms with Crippen LogP contribution in [-0.4, -0.2) is 58.0 Å². The van der Waals surface area contributed by atoms with Gasteiger partial charge in [-0.05, 0) is 6.42 Å². The van der Waals surface area contributed by atoms with Crippen LogP contribution in [0.2, 0.25) is 0 Å². The lowest BCUT2D eigenvalue weighted by Gasteiger charge is -2.21. The molecule has 3 N–H and O–H groups in total. The van der Waals surface area contributed by atoms with E-state index in [9.17, 15) is 19.2 Å². The molecule has 0 aromatic heterocycles. The normalized spacial score (nSPS) is 22.6. The SMILES string of the molecule is CC(=O)NCC(=O)N1C[C@H](C(=O)O)C[C@H]1C(=O)O. The summed E-state index contributed by atoms with van der Waals surface area (Å²) in [5.41, 5.74) is 0. The Kier molecular flexibility index (Phi) is 4.24. The summed E-state index contributed by atoms with van der Waals surface area (Å²) in [6.45, 7) is 0.752. The van der Waals surface area contributed by atoms with E-state index in [2.05, 4.69) is 5.32 Å². The predicted octanol–water partition coefficient (Wildman–Crippen LogP) is -1.49. The highest BCUT2D eigenvalue weighted by molar-refractivity contribution is 5.89. The van der Waals surface area contributed by atoms with Crippen LogP contribution in [0.4, 0.5) is 0 Å². The van der Waals surface area contributed by atoms with E-state index < -0.39 is 35.7 Å². The lowest BCUT2D eigenvalue weighted by Crippen LogP contribution is -2.45. The fourth-order valence-electron chi connectivity index (χ4n) is 1.83. The Balaban J connectivity index is 2.72. The summed E-state index contributed by atoms with van der Waals surface area (Å²) in [5.74, 6) is -4.26. The molecule has 2 amide bonds. The fraction of sp³-hybridized carbons (Fsp3) is 0.600. The van der Waals surface area contributed by atoms with Gasteiger partial charge in [0.25, 0.3) is 0 Å². The summed E-state index contributed by atoms with van der Waals surface area (Å²) in [6.07, 6.45) is -0.115. The predicted molar refractivity (Wildman–Crippen MR) is 57.6 cm³/mol. The van der Waals surface area contributed by atoms with E-state index >= 15 is 0 Å². The first-order chi connectivity index (χ1) is 8.32. The number of hydrogen-bond donors (Lipinski definition) is 3. The van der Waals surface area contributed by atoms with E-state index in [1.807, 2.05) is 0 Å². The summed E-state index contributed by atoms with van der Waals surface area (Å²) >= 11 is 0. The van der Waals surface area contributed by atoms with Crippen molar-refractivity contribution < 1.29 is 29.4 Å². The third-order valence-corrected chi connectivity index (χ3v) is 2.74. The van der Waals surface area contributed by atoms with Gasteiger partial charge in [0.1, 0.15) is 6.04 Å². The molecule has 18 heavy (non-hydrogen) atoms. The standard InChI is InChI=1S/C10H14N2O6/c1-5(13)11-3-8(14)12-4-6(9(15)16)2-7(12)10(17)18/h6-7H,2-4H2,1H3,(H,11,13)(H,15,16)(H,17,18)/t6-,7+/m1/s1. The van der Waals surface area contributed by atoms with Crippen LogP contribution in [0.15, 0.2) is 0 Å². The maximum Gasteiger partial charge on any atom is 0.326 e. The van der Waals surface area contributed by atoms with Crippen molar-refractivity contribution in [2.24, 2.45) is 5.92 Å². The second-order valence-corrected chi connectivity index (χ2v) is 4.08. The number of aliphatic carboxylic acids is 2. The zero-order valence-corrected chi connectivity index (χ0v) is 9.75. The molecule has 0 aliphatic carbocycles. The van der Waals surface area contributed by atoms with Gasteiger partial charge in [0.15, 0.2) is 0 Å². The zero-order valence-electron chi connectivity index (χ0n) is 9.75. The average molecular weight is 258 g/mol.